The van der Waals surface area contributed by atoms with Gasteiger partial charge >= 0.3 is 6.09 Å². The molecule has 0 aliphatic rings. The van der Waals surface area contributed by atoms with Crippen LogP contribution in [-0.4, -0.2) is 52.5 Å². The van der Waals surface area contributed by atoms with Crippen LogP contribution in [0.5, 0.6) is 0 Å². The lowest BCUT2D eigenvalue weighted by molar-refractivity contribution is 0.0528. The van der Waals surface area contributed by atoms with Crippen molar-refractivity contribution in [2.45, 2.75) is 26.4 Å². The van der Waals surface area contributed by atoms with E-state index in [9.17, 15) is 13.2 Å². The van der Waals surface area contributed by atoms with Crippen molar-refractivity contribution in [3.05, 3.63) is 0 Å². The SMILES string of the molecule is CNS(=O)(=O)CCNCCNC(=O)OC(C)(C)C. The highest BCUT2D eigenvalue weighted by Gasteiger charge is 2.15. The van der Waals surface area contributed by atoms with Gasteiger partial charge in [0.25, 0.3) is 0 Å². The smallest absolute Gasteiger partial charge is 0.407 e. The molecule has 0 saturated heterocycles. The number of rotatable bonds is 7. The van der Waals surface area contributed by atoms with Crippen molar-refractivity contribution in [2.24, 2.45) is 0 Å². The second kappa shape index (κ2) is 7.55. The number of amides is 1. The molecule has 0 aliphatic heterocycles. The Kier molecular flexibility index (Phi) is 7.19. The first-order valence-corrected chi connectivity index (χ1v) is 7.40. The molecule has 0 spiro atoms. The van der Waals surface area contributed by atoms with Crippen LogP contribution in [0, 0.1) is 0 Å². The maximum atomic E-state index is 11.2. The second-order valence-corrected chi connectivity index (χ2v) is 6.75. The summed E-state index contributed by atoms with van der Waals surface area (Å²) in [4.78, 5) is 11.2. The number of hydrogen-bond acceptors (Lipinski definition) is 5. The summed E-state index contributed by atoms with van der Waals surface area (Å²) in [5, 5.41) is 5.47. The first kappa shape index (κ1) is 17.1. The van der Waals surface area contributed by atoms with Gasteiger partial charge in [-0.25, -0.2) is 17.9 Å². The molecule has 0 bridgehead atoms. The quantitative estimate of drug-likeness (QED) is 0.554. The Morgan fingerprint density at radius 1 is 1.17 bits per heavy atom. The molecular weight excluding hydrogens is 258 g/mol. The summed E-state index contributed by atoms with van der Waals surface area (Å²) in [5.74, 6) is 0.00986. The Bertz CT molecular complexity index is 349. The average molecular weight is 281 g/mol. The van der Waals surface area contributed by atoms with Gasteiger partial charge in [-0.05, 0) is 27.8 Å². The van der Waals surface area contributed by atoms with E-state index in [-0.39, 0.29) is 5.75 Å². The summed E-state index contributed by atoms with van der Waals surface area (Å²) in [7, 11) is -1.80. The van der Waals surface area contributed by atoms with E-state index in [4.69, 9.17) is 4.74 Å². The predicted molar refractivity (Wildman–Crippen MR) is 70.0 cm³/mol. The minimum absolute atomic E-state index is 0.00986. The number of ether oxygens (including phenoxy) is 1. The number of nitrogens with one attached hydrogen (secondary N) is 3. The van der Waals surface area contributed by atoms with Crippen molar-refractivity contribution in [2.75, 3.05) is 32.4 Å². The normalized spacial score (nSPS) is 12.2. The molecule has 0 unspecified atom stereocenters. The molecule has 0 aromatic rings. The third-order valence-electron chi connectivity index (χ3n) is 1.83. The van der Waals surface area contributed by atoms with Gasteiger partial charge < -0.3 is 15.4 Å². The third kappa shape index (κ3) is 10.3. The molecule has 8 heteroatoms. The van der Waals surface area contributed by atoms with Crippen LogP contribution in [0.1, 0.15) is 20.8 Å². The molecule has 0 aromatic carbocycles. The zero-order chi connectivity index (χ0) is 14.2. The van der Waals surface area contributed by atoms with E-state index in [1.54, 1.807) is 20.8 Å². The van der Waals surface area contributed by atoms with Gasteiger partial charge in [-0.2, -0.15) is 0 Å². The average Bonchev–Trinajstić information content (AvgIpc) is 2.20. The van der Waals surface area contributed by atoms with E-state index in [1.807, 2.05) is 0 Å². The fourth-order valence-corrected chi connectivity index (χ4v) is 1.62. The van der Waals surface area contributed by atoms with Crippen molar-refractivity contribution >= 4 is 16.1 Å². The van der Waals surface area contributed by atoms with Crippen LogP contribution in [0.4, 0.5) is 4.79 Å². The molecule has 0 radical (unpaired) electrons. The van der Waals surface area contributed by atoms with Gasteiger partial charge in [0.2, 0.25) is 10.0 Å². The fourth-order valence-electron chi connectivity index (χ4n) is 1.00. The molecule has 0 heterocycles. The van der Waals surface area contributed by atoms with E-state index in [0.717, 1.165) is 0 Å². The molecule has 1 amide bonds. The molecule has 0 aliphatic carbocycles. The zero-order valence-electron chi connectivity index (χ0n) is 11.4. The Morgan fingerprint density at radius 2 is 1.78 bits per heavy atom. The van der Waals surface area contributed by atoms with Crippen molar-refractivity contribution < 1.29 is 17.9 Å². The molecule has 3 N–H and O–H groups in total. The minimum Gasteiger partial charge on any atom is -0.444 e. The van der Waals surface area contributed by atoms with E-state index in [1.165, 1.54) is 7.05 Å². The molecule has 0 aromatic heterocycles. The van der Waals surface area contributed by atoms with Gasteiger partial charge in [0.1, 0.15) is 5.60 Å². The van der Waals surface area contributed by atoms with Crippen LogP contribution in [0.15, 0.2) is 0 Å². The first-order valence-electron chi connectivity index (χ1n) is 5.75. The Morgan fingerprint density at radius 3 is 2.28 bits per heavy atom. The van der Waals surface area contributed by atoms with Crippen molar-refractivity contribution in [1.82, 2.24) is 15.4 Å². The highest BCUT2D eigenvalue weighted by Crippen LogP contribution is 2.05. The number of alkyl carbamates (subject to hydrolysis) is 1. The fraction of sp³-hybridized carbons (Fsp3) is 0.900. The van der Waals surface area contributed by atoms with Gasteiger partial charge in [-0.3, -0.25) is 0 Å². The molecule has 0 atom stereocenters. The van der Waals surface area contributed by atoms with Gasteiger partial charge in [0.15, 0.2) is 0 Å². The Balaban J connectivity index is 3.55. The lowest BCUT2D eigenvalue weighted by Crippen LogP contribution is -2.37. The number of carbonyl (C=O) groups excluding carboxylic acids is 1. The summed E-state index contributed by atoms with van der Waals surface area (Å²) in [6, 6.07) is 0. The summed E-state index contributed by atoms with van der Waals surface area (Å²) in [6.45, 7) is 6.56. The topological polar surface area (TPSA) is 96.5 Å². The van der Waals surface area contributed by atoms with Crippen molar-refractivity contribution in [3.8, 4) is 0 Å². The van der Waals surface area contributed by atoms with E-state index < -0.39 is 21.7 Å². The standard InChI is InChI=1S/C10H23N3O4S/c1-10(2,3)17-9(14)13-6-5-12-7-8-18(15,16)11-4/h11-12H,5-8H2,1-4H3,(H,13,14). The van der Waals surface area contributed by atoms with E-state index in [0.29, 0.717) is 19.6 Å². The van der Waals surface area contributed by atoms with Crippen LogP contribution in [0.3, 0.4) is 0 Å². The van der Waals surface area contributed by atoms with Crippen LogP contribution in [0.2, 0.25) is 0 Å². The largest absolute Gasteiger partial charge is 0.444 e. The summed E-state index contributed by atoms with van der Waals surface area (Å²) >= 11 is 0. The van der Waals surface area contributed by atoms with E-state index in [2.05, 4.69) is 15.4 Å². The first-order chi connectivity index (χ1) is 8.16. The number of sulfonamides is 1. The Hall–Kier alpha value is -0.860. The van der Waals surface area contributed by atoms with Crippen molar-refractivity contribution in [1.29, 1.82) is 0 Å². The third-order valence-corrected chi connectivity index (χ3v) is 3.19. The molecular formula is C10H23N3O4S. The van der Waals surface area contributed by atoms with Gasteiger partial charge in [0, 0.05) is 19.6 Å². The highest BCUT2D eigenvalue weighted by molar-refractivity contribution is 7.89. The predicted octanol–water partition coefficient (Wildman–Crippen LogP) is -0.350. The molecule has 0 fully saturated rings. The Labute approximate surface area is 109 Å². The van der Waals surface area contributed by atoms with E-state index >= 15 is 0 Å². The van der Waals surface area contributed by atoms with Gasteiger partial charge in [-0.15, -0.1) is 0 Å². The summed E-state index contributed by atoms with van der Waals surface area (Å²) < 4.78 is 29.4. The maximum absolute atomic E-state index is 11.2. The van der Waals surface area contributed by atoms with Crippen LogP contribution >= 0.6 is 0 Å². The van der Waals surface area contributed by atoms with Crippen LogP contribution in [0.25, 0.3) is 0 Å². The molecule has 7 nitrogen and oxygen atoms in total. The van der Waals surface area contributed by atoms with Crippen LogP contribution in [-0.2, 0) is 14.8 Å². The molecule has 18 heavy (non-hydrogen) atoms. The van der Waals surface area contributed by atoms with Crippen molar-refractivity contribution in [3.63, 3.8) is 0 Å². The number of hydrogen-bond donors (Lipinski definition) is 3. The van der Waals surface area contributed by atoms with Crippen LogP contribution < -0.4 is 15.4 Å². The monoisotopic (exact) mass is 281 g/mol. The minimum atomic E-state index is -3.17. The zero-order valence-corrected chi connectivity index (χ0v) is 12.2. The lowest BCUT2D eigenvalue weighted by Gasteiger charge is -2.19. The highest BCUT2D eigenvalue weighted by atomic mass is 32.2. The molecule has 0 rings (SSSR count). The van der Waals surface area contributed by atoms with Gasteiger partial charge in [-0.1, -0.05) is 0 Å². The maximum Gasteiger partial charge on any atom is 0.407 e. The van der Waals surface area contributed by atoms with Gasteiger partial charge in [0.05, 0.1) is 5.75 Å². The second-order valence-electron chi connectivity index (χ2n) is 4.70. The molecule has 0 saturated carbocycles. The summed E-state index contributed by atoms with van der Waals surface area (Å²) in [6.07, 6.45) is -0.479. The summed E-state index contributed by atoms with van der Waals surface area (Å²) in [5.41, 5.74) is -0.515. The lowest BCUT2D eigenvalue weighted by atomic mass is 10.2. The number of carbonyl (C=O) groups is 1. The molecule has 108 valence electrons.